The molecule has 0 heterocycles. The molecule has 1 unspecified atom stereocenters. The zero-order chi connectivity index (χ0) is 15.3. The topological polar surface area (TPSA) is 43.1 Å². The molecule has 0 aliphatic heterocycles. The highest BCUT2D eigenvalue weighted by Crippen LogP contribution is 2.43. The SMILES string of the molecule is CC.CC(C)(C)C(=O)C(N)CC1CC2CCC(CC2)C1. The van der Waals surface area contributed by atoms with Crippen molar-refractivity contribution in [2.45, 2.75) is 85.6 Å². The number of hydrogen-bond donors (Lipinski definition) is 1. The Bertz CT molecular complexity index is 283. The van der Waals surface area contributed by atoms with Gasteiger partial charge in [-0.2, -0.15) is 0 Å². The quantitative estimate of drug-likeness (QED) is 0.824. The first kappa shape index (κ1) is 17.7. The van der Waals surface area contributed by atoms with Gasteiger partial charge >= 0.3 is 0 Å². The molecule has 0 aromatic carbocycles. The third kappa shape index (κ3) is 4.87. The maximum absolute atomic E-state index is 12.2. The van der Waals surface area contributed by atoms with Gasteiger partial charge < -0.3 is 5.73 Å². The highest BCUT2D eigenvalue weighted by atomic mass is 16.1. The summed E-state index contributed by atoms with van der Waals surface area (Å²) in [5.74, 6) is 2.78. The standard InChI is InChI=1S/C16H29NO.C2H6/c1-16(2,3)15(18)14(17)10-13-8-11-4-5-12(9-13)7-6-11;1-2/h11-14H,4-10,17H2,1-3H3;1-2H3. The highest BCUT2D eigenvalue weighted by molar-refractivity contribution is 5.88. The van der Waals surface area contributed by atoms with Gasteiger partial charge in [0.2, 0.25) is 0 Å². The van der Waals surface area contributed by atoms with Gasteiger partial charge in [0.25, 0.3) is 0 Å². The minimum Gasteiger partial charge on any atom is -0.321 e. The van der Waals surface area contributed by atoms with Gasteiger partial charge in [0.05, 0.1) is 6.04 Å². The van der Waals surface area contributed by atoms with E-state index in [0.29, 0.717) is 5.92 Å². The van der Waals surface area contributed by atoms with Gasteiger partial charge in [-0.15, -0.1) is 0 Å². The van der Waals surface area contributed by atoms with Crippen LogP contribution in [-0.4, -0.2) is 11.8 Å². The molecule has 0 spiro atoms. The summed E-state index contributed by atoms with van der Waals surface area (Å²) in [5.41, 5.74) is 5.86. The van der Waals surface area contributed by atoms with E-state index in [-0.39, 0.29) is 17.2 Å². The summed E-state index contributed by atoms with van der Waals surface area (Å²) in [5, 5.41) is 0. The Morgan fingerprint density at radius 1 is 1.05 bits per heavy atom. The fraction of sp³-hybridized carbons (Fsp3) is 0.944. The van der Waals surface area contributed by atoms with E-state index in [1.165, 1.54) is 38.5 Å². The van der Waals surface area contributed by atoms with Crippen LogP contribution in [0.1, 0.15) is 79.6 Å². The van der Waals surface area contributed by atoms with Crippen LogP contribution in [0.5, 0.6) is 0 Å². The predicted molar refractivity (Wildman–Crippen MR) is 86.6 cm³/mol. The minimum atomic E-state index is -0.289. The summed E-state index contributed by atoms with van der Waals surface area (Å²) in [7, 11) is 0. The molecule has 20 heavy (non-hydrogen) atoms. The third-order valence-electron chi connectivity index (χ3n) is 4.96. The molecule has 3 aliphatic carbocycles. The van der Waals surface area contributed by atoms with E-state index in [1.54, 1.807) is 0 Å². The van der Waals surface area contributed by atoms with Crippen LogP contribution in [0.3, 0.4) is 0 Å². The lowest BCUT2D eigenvalue weighted by Crippen LogP contribution is -2.40. The van der Waals surface area contributed by atoms with Crippen molar-refractivity contribution in [3.8, 4) is 0 Å². The lowest BCUT2D eigenvalue weighted by molar-refractivity contribution is -0.128. The predicted octanol–water partition coefficient (Wildman–Crippen LogP) is 4.56. The van der Waals surface area contributed by atoms with Crippen LogP contribution in [0.25, 0.3) is 0 Å². The van der Waals surface area contributed by atoms with Gasteiger partial charge in [-0.3, -0.25) is 4.79 Å². The largest absolute Gasteiger partial charge is 0.321 e. The Balaban J connectivity index is 0.000000956. The Labute approximate surface area is 125 Å². The molecule has 0 amide bonds. The number of nitrogens with two attached hydrogens (primary N) is 1. The molecule has 3 rings (SSSR count). The number of rotatable bonds is 3. The first-order chi connectivity index (χ1) is 9.36. The van der Waals surface area contributed by atoms with Crippen LogP contribution in [0.2, 0.25) is 0 Å². The molecule has 3 fully saturated rings. The van der Waals surface area contributed by atoms with E-state index in [4.69, 9.17) is 5.73 Å². The summed E-state index contributed by atoms with van der Waals surface area (Å²) in [6.07, 6.45) is 9.24. The van der Waals surface area contributed by atoms with Crippen LogP contribution in [0, 0.1) is 23.2 Å². The number of carbonyl (C=O) groups excluding carboxylic acids is 1. The number of hydrogen-bond acceptors (Lipinski definition) is 2. The van der Waals surface area contributed by atoms with Gasteiger partial charge in [0.1, 0.15) is 0 Å². The van der Waals surface area contributed by atoms with Gasteiger partial charge in [-0.25, -0.2) is 0 Å². The molecule has 2 bridgehead atoms. The number of carbonyl (C=O) groups is 1. The lowest BCUT2D eigenvalue weighted by Gasteiger charge is -2.25. The van der Waals surface area contributed by atoms with Crippen molar-refractivity contribution in [3.05, 3.63) is 0 Å². The van der Waals surface area contributed by atoms with Crippen molar-refractivity contribution >= 4 is 5.78 Å². The van der Waals surface area contributed by atoms with Gasteiger partial charge in [0.15, 0.2) is 5.78 Å². The van der Waals surface area contributed by atoms with Crippen molar-refractivity contribution in [1.82, 2.24) is 0 Å². The highest BCUT2D eigenvalue weighted by Gasteiger charge is 2.34. The maximum Gasteiger partial charge on any atom is 0.154 e. The first-order valence-corrected chi connectivity index (χ1v) is 8.66. The molecule has 0 radical (unpaired) electrons. The summed E-state index contributed by atoms with van der Waals surface area (Å²) in [6, 6.07) is -0.243. The summed E-state index contributed by atoms with van der Waals surface area (Å²) in [6.45, 7) is 9.93. The van der Waals surface area contributed by atoms with E-state index < -0.39 is 0 Å². The van der Waals surface area contributed by atoms with E-state index in [2.05, 4.69) is 0 Å². The molecule has 0 aromatic heterocycles. The molecule has 2 nitrogen and oxygen atoms in total. The van der Waals surface area contributed by atoms with Crippen molar-refractivity contribution in [2.75, 3.05) is 0 Å². The Hall–Kier alpha value is -0.370. The molecular weight excluding hydrogens is 246 g/mol. The molecule has 2 N–H and O–H groups in total. The van der Waals surface area contributed by atoms with Crippen molar-refractivity contribution in [1.29, 1.82) is 0 Å². The minimum absolute atomic E-state index is 0.235. The van der Waals surface area contributed by atoms with Crippen LogP contribution in [0.15, 0.2) is 0 Å². The second-order valence-electron chi connectivity index (χ2n) is 7.68. The van der Waals surface area contributed by atoms with Crippen LogP contribution >= 0.6 is 0 Å². The average Bonchev–Trinajstić information content (AvgIpc) is 2.71. The number of ketones is 1. The maximum atomic E-state index is 12.2. The Morgan fingerprint density at radius 3 is 1.80 bits per heavy atom. The fourth-order valence-electron chi connectivity index (χ4n) is 3.96. The summed E-state index contributed by atoms with van der Waals surface area (Å²) < 4.78 is 0. The second-order valence-corrected chi connectivity index (χ2v) is 7.68. The Morgan fingerprint density at radius 2 is 1.45 bits per heavy atom. The summed E-state index contributed by atoms with van der Waals surface area (Å²) >= 11 is 0. The molecule has 0 saturated heterocycles. The smallest absolute Gasteiger partial charge is 0.154 e. The van der Waals surface area contributed by atoms with Crippen LogP contribution < -0.4 is 5.73 Å². The van der Waals surface area contributed by atoms with Crippen molar-refractivity contribution in [2.24, 2.45) is 28.9 Å². The second kappa shape index (κ2) is 7.59. The molecule has 3 aliphatic rings. The third-order valence-corrected chi connectivity index (χ3v) is 4.96. The fourth-order valence-corrected chi connectivity index (χ4v) is 3.96. The van der Waals surface area contributed by atoms with E-state index >= 15 is 0 Å². The summed E-state index contributed by atoms with van der Waals surface area (Å²) in [4.78, 5) is 12.2. The average molecular weight is 281 g/mol. The molecule has 2 heteroatoms. The van der Waals surface area contributed by atoms with Gasteiger partial charge in [-0.1, -0.05) is 60.3 Å². The van der Waals surface area contributed by atoms with Crippen molar-refractivity contribution in [3.63, 3.8) is 0 Å². The first-order valence-electron chi connectivity index (χ1n) is 8.66. The number of Topliss-reactive ketones (excluding diaryl/α,β-unsaturated/α-hetero) is 1. The zero-order valence-electron chi connectivity index (χ0n) is 14.2. The molecule has 1 atom stereocenters. The van der Waals surface area contributed by atoms with E-state index in [1.807, 2.05) is 34.6 Å². The van der Waals surface area contributed by atoms with Gasteiger partial charge in [-0.05, 0) is 37.0 Å². The van der Waals surface area contributed by atoms with Crippen LogP contribution in [-0.2, 0) is 4.79 Å². The monoisotopic (exact) mass is 281 g/mol. The van der Waals surface area contributed by atoms with Gasteiger partial charge in [0, 0.05) is 5.41 Å². The molecule has 3 saturated carbocycles. The zero-order valence-corrected chi connectivity index (χ0v) is 14.2. The number of fused-ring (bicyclic) bond motifs is 4. The lowest BCUT2D eigenvalue weighted by atomic mass is 9.81. The Kier molecular flexibility index (Phi) is 6.71. The normalized spacial score (nSPS) is 31.0. The van der Waals surface area contributed by atoms with Crippen molar-refractivity contribution < 1.29 is 4.79 Å². The molecule has 0 aromatic rings. The van der Waals surface area contributed by atoms with E-state index in [9.17, 15) is 4.79 Å². The molecular formula is C18H35NO. The van der Waals surface area contributed by atoms with Crippen LogP contribution in [0.4, 0.5) is 0 Å². The van der Waals surface area contributed by atoms with E-state index in [0.717, 1.165) is 18.3 Å². The molecule has 118 valence electrons.